The maximum Gasteiger partial charge on any atom is 0.329 e. The first-order valence-corrected chi connectivity index (χ1v) is 6.49. The third-order valence-corrected chi connectivity index (χ3v) is 3.37. The average Bonchev–Trinajstić information content (AvgIpc) is 2.99. The molecule has 2 aliphatic rings. The summed E-state index contributed by atoms with van der Waals surface area (Å²) in [5.41, 5.74) is 0.374. The van der Waals surface area contributed by atoms with Gasteiger partial charge in [-0.25, -0.2) is 9.69 Å². The zero-order valence-electron chi connectivity index (χ0n) is 11.0. The van der Waals surface area contributed by atoms with E-state index in [-0.39, 0.29) is 12.5 Å². The average molecular weight is 325 g/mol. The fourth-order valence-corrected chi connectivity index (χ4v) is 2.26. The van der Waals surface area contributed by atoms with Crippen molar-refractivity contribution in [1.29, 1.82) is 0 Å². The molecule has 0 bridgehead atoms. The van der Waals surface area contributed by atoms with Crippen LogP contribution in [0.1, 0.15) is 5.56 Å². The molecule has 3 amide bonds. The number of amides is 3. The van der Waals surface area contributed by atoms with E-state index >= 15 is 0 Å². The zero-order valence-corrected chi connectivity index (χ0v) is 11.7. The lowest BCUT2D eigenvalue weighted by Gasteiger charge is -2.07. The Kier molecular flexibility index (Phi) is 3.38. The Hall–Kier alpha value is -2.74. The molecule has 1 saturated heterocycles. The van der Waals surface area contributed by atoms with Crippen LogP contribution in [0.4, 0.5) is 4.79 Å². The van der Waals surface area contributed by atoms with Crippen LogP contribution < -0.4 is 14.8 Å². The van der Waals surface area contributed by atoms with Crippen molar-refractivity contribution in [3.63, 3.8) is 0 Å². The molecule has 1 aromatic rings. The van der Waals surface area contributed by atoms with Crippen molar-refractivity contribution < 1.29 is 29.0 Å². The fourth-order valence-electron chi connectivity index (χ4n) is 2.05. The van der Waals surface area contributed by atoms with E-state index in [0.717, 1.165) is 0 Å². The quantitative estimate of drug-likeness (QED) is 0.636. The Morgan fingerprint density at radius 3 is 2.73 bits per heavy atom. The number of nitrogens with zero attached hydrogens (tertiary/aromatic N) is 1. The molecular formula is C13H9ClN2O6. The van der Waals surface area contributed by atoms with Crippen molar-refractivity contribution in [2.24, 2.45) is 0 Å². The molecule has 8 nitrogen and oxygen atoms in total. The molecule has 2 N–H and O–H groups in total. The van der Waals surface area contributed by atoms with Crippen LogP contribution in [0.2, 0.25) is 5.02 Å². The number of fused-ring (bicyclic) bond motifs is 1. The van der Waals surface area contributed by atoms with Crippen molar-refractivity contribution in [2.75, 3.05) is 13.3 Å². The predicted octanol–water partition coefficient (Wildman–Crippen LogP) is 1.05. The highest BCUT2D eigenvalue weighted by atomic mass is 35.5. The molecular weight excluding hydrogens is 316 g/mol. The summed E-state index contributed by atoms with van der Waals surface area (Å²) in [4.78, 5) is 34.9. The summed E-state index contributed by atoms with van der Waals surface area (Å²) in [6, 6.07) is 2.30. The van der Waals surface area contributed by atoms with E-state index in [1.165, 1.54) is 12.1 Å². The van der Waals surface area contributed by atoms with Gasteiger partial charge in [0.05, 0.1) is 5.02 Å². The number of halogens is 1. The van der Waals surface area contributed by atoms with Gasteiger partial charge in [0.2, 0.25) is 6.79 Å². The third kappa shape index (κ3) is 2.44. The van der Waals surface area contributed by atoms with Crippen molar-refractivity contribution >= 4 is 35.6 Å². The predicted molar refractivity (Wildman–Crippen MR) is 73.4 cm³/mol. The molecule has 0 radical (unpaired) electrons. The van der Waals surface area contributed by atoms with E-state index in [1.54, 1.807) is 6.07 Å². The van der Waals surface area contributed by atoms with Crippen LogP contribution in [0.3, 0.4) is 0 Å². The first kappa shape index (κ1) is 14.2. The molecule has 9 heteroatoms. The molecule has 0 aliphatic carbocycles. The Balaban J connectivity index is 1.91. The molecule has 2 heterocycles. The molecule has 0 saturated carbocycles. The Morgan fingerprint density at radius 1 is 1.36 bits per heavy atom. The van der Waals surface area contributed by atoms with Gasteiger partial charge in [-0.05, 0) is 17.7 Å². The van der Waals surface area contributed by atoms with Crippen LogP contribution in [0.5, 0.6) is 11.5 Å². The van der Waals surface area contributed by atoms with Gasteiger partial charge >= 0.3 is 12.0 Å². The highest BCUT2D eigenvalue weighted by molar-refractivity contribution is 6.32. The number of imide groups is 1. The summed E-state index contributed by atoms with van der Waals surface area (Å²) < 4.78 is 10.4. The van der Waals surface area contributed by atoms with Gasteiger partial charge in [0.15, 0.2) is 11.5 Å². The summed E-state index contributed by atoms with van der Waals surface area (Å²) in [5, 5.41) is 11.3. The minimum atomic E-state index is -1.29. The van der Waals surface area contributed by atoms with Crippen molar-refractivity contribution in [2.45, 2.75) is 0 Å². The van der Waals surface area contributed by atoms with E-state index in [1.807, 2.05) is 0 Å². The van der Waals surface area contributed by atoms with Crippen molar-refractivity contribution in [1.82, 2.24) is 10.2 Å². The van der Waals surface area contributed by atoms with Gasteiger partial charge in [0, 0.05) is 6.07 Å². The number of benzene rings is 1. The lowest BCUT2D eigenvalue weighted by atomic mass is 10.1. The van der Waals surface area contributed by atoms with Gasteiger partial charge in [-0.2, -0.15) is 0 Å². The van der Waals surface area contributed by atoms with E-state index in [9.17, 15) is 14.4 Å². The number of rotatable bonds is 3. The van der Waals surface area contributed by atoms with Gasteiger partial charge in [-0.3, -0.25) is 9.59 Å². The number of carboxylic acids is 1. The van der Waals surface area contributed by atoms with Crippen LogP contribution in [0, 0.1) is 0 Å². The minimum Gasteiger partial charge on any atom is -0.480 e. The first-order valence-electron chi connectivity index (χ1n) is 6.11. The summed E-state index contributed by atoms with van der Waals surface area (Å²) in [5.74, 6) is -1.07. The monoisotopic (exact) mass is 324 g/mol. The van der Waals surface area contributed by atoms with E-state index < -0.39 is 24.5 Å². The molecule has 22 heavy (non-hydrogen) atoms. The Labute approximate surface area is 128 Å². The van der Waals surface area contributed by atoms with E-state index in [0.29, 0.717) is 27.0 Å². The highest BCUT2D eigenvalue weighted by Gasteiger charge is 2.35. The van der Waals surface area contributed by atoms with Crippen LogP contribution in [0.25, 0.3) is 6.08 Å². The number of hydrogen-bond acceptors (Lipinski definition) is 5. The second-order valence-electron chi connectivity index (χ2n) is 4.50. The van der Waals surface area contributed by atoms with Crippen LogP contribution in [-0.2, 0) is 9.59 Å². The molecule has 114 valence electrons. The summed E-state index contributed by atoms with van der Waals surface area (Å²) in [7, 11) is 0. The number of carbonyl (C=O) groups is 3. The van der Waals surface area contributed by atoms with E-state index in [4.69, 9.17) is 26.2 Å². The molecule has 0 unspecified atom stereocenters. The molecule has 2 aliphatic heterocycles. The van der Waals surface area contributed by atoms with E-state index in [2.05, 4.69) is 5.32 Å². The molecule has 0 spiro atoms. The van der Waals surface area contributed by atoms with Gasteiger partial charge in [-0.15, -0.1) is 0 Å². The number of carboxylic acid groups (broad SMARTS) is 1. The smallest absolute Gasteiger partial charge is 0.329 e. The maximum atomic E-state index is 12.0. The largest absolute Gasteiger partial charge is 0.480 e. The normalized spacial score (nSPS) is 18.0. The highest BCUT2D eigenvalue weighted by Crippen LogP contribution is 2.37. The second kappa shape index (κ2) is 5.23. The Bertz CT molecular complexity index is 729. The van der Waals surface area contributed by atoms with Crippen LogP contribution in [0.15, 0.2) is 17.8 Å². The number of carbonyl (C=O) groups excluding carboxylic acids is 2. The Morgan fingerprint density at radius 2 is 2.05 bits per heavy atom. The van der Waals surface area contributed by atoms with Gasteiger partial charge < -0.3 is 19.9 Å². The lowest BCUT2D eigenvalue weighted by molar-refractivity contribution is -0.140. The molecule has 1 fully saturated rings. The fraction of sp³-hybridized carbons (Fsp3) is 0.154. The number of urea groups is 1. The maximum absolute atomic E-state index is 12.0. The molecule has 0 atom stereocenters. The summed E-state index contributed by atoms with van der Waals surface area (Å²) >= 11 is 6.08. The second-order valence-corrected chi connectivity index (χ2v) is 4.91. The third-order valence-electron chi connectivity index (χ3n) is 3.05. The van der Waals surface area contributed by atoms with Crippen LogP contribution in [-0.4, -0.2) is 41.3 Å². The number of hydrogen-bond donors (Lipinski definition) is 2. The first-order chi connectivity index (χ1) is 10.5. The topological polar surface area (TPSA) is 105 Å². The summed E-state index contributed by atoms with van der Waals surface area (Å²) in [6.07, 6.45) is 1.35. The molecule has 1 aromatic carbocycles. The summed E-state index contributed by atoms with van der Waals surface area (Å²) in [6.45, 7) is -0.634. The number of aliphatic carboxylic acids is 1. The van der Waals surface area contributed by atoms with Gasteiger partial charge in [0.1, 0.15) is 12.2 Å². The standard InChI is InChI=1S/C13H9ClN2O6/c14-7-3-10-9(21-5-22-10)2-6(7)1-8-12(19)16(4-11(17)18)13(20)15-8/h1-3H,4-5H2,(H,15,20)(H,17,18). The SMILES string of the molecule is O=C(O)CN1C(=O)NC(=Cc2cc3c(cc2Cl)OCO3)C1=O. The minimum absolute atomic E-state index is 0.0629. The zero-order chi connectivity index (χ0) is 15.9. The number of ether oxygens (including phenoxy) is 2. The number of nitrogens with one attached hydrogen (secondary N) is 1. The van der Waals surface area contributed by atoms with Crippen LogP contribution >= 0.6 is 11.6 Å². The lowest BCUT2D eigenvalue weighted by Crippen LogP contribution is -2.35. The van der Waals surface area contributed by atoms with Crippen molar-refractivity contribution in [3.8, 4) is 11.5 Å². The van der Waals surface area contributed by atoms with Crippen molar-refractivity contribution in [3.05, 3.63) is 28.4 Å². The van der Waals surface area contributed by atoms with Gasteiger partial charge in [0.25, 0.3) is 5.91 Å². The molecule has 3 rings (SSSR count). The van der Waals surface area contributed by atoms with Gasteiger partial charge in [-0.1, -0.05) is 11.6 Å². The molecule has 0 aromatic heterocycles.